The number of benzene rings is 1. The van der Waals surface area contributed by atoms with Crippen LogP contribution in [-0.4, -0.2) is 18.5 Å². The zero-order chi connectivity index (χ0) is 14.0. The normalized spacial score (nSPS) is 13.4. The lowest BCUT2D eigenvalue weighted by Crippen LogP contribution is -2.26. The summed E-state index contributed by atoms with van der Waals surface area (Å²) in [6.07, 6.45) is 0. The minimum absolute atomic E-state index is 0.0348. The summed E-state index contributed by atoms with van der Waals surface area (Å²) < 4.78 is 26.8. The van der Waals surface area contributed by atoms with E-state index in [1.165, 1.54) is 35.6 Å². The number of phenols is 1. The van der Waals surface area contributed by atoms with Gasteiger partial charge in [0.25, 0.3) is 0 Å². The molecular formula is C12H14N2O3S2. The standard InChI is InChI=1S/C12H14N2O3S2/c1-8-7-18-12(13-8)9(2)14-19(16,17)11-5-3-4-10(15)6-11/h3-7,9,14-15H,1-2H3. The molecule has 0 aliphatic heterocycles. The van der Waals surface area contributed by atoms with Crippen LogP contribution in [0.3, 0.4) is 0 Å². The topological polar surface area (TPSA) is 79.3 Å². The van der Waals surface area contributed by atoms with Gasteiger partial charge in [0.1, 0.15) is 10.8 Å². The van der Waals surface area contributed by atoms with E-state index in [-0.39, 0.29) is 10.6 Å². The highest BCUT2D eigenvalue weighted by molar-refractivity contribution is 7.89. The Morgan fingerprint density at radius 3 is 2.74 bits per heavy atom. The molecule has 0 fully saturated rings. The molecule has 1 unspecified atom stereocenters. The zero-order valence-electron chi connectivity index (χ0n) is 10.5. The van der Waals surface area contributed by atoms with Crippen LogP contribution in [0.5, 0.6) is 5.75 Å². The molecule has 19 heavy (non-hydrogen) atoms. The first-order chi connectivity index (χ1) is 8.88. The van der Waals surface area contributed by atoms with Crippen molar-refractivity contribution in [3.8, 4) is 5.75 Å². The number of sulfonamides is 1. The summed E-state index contributed by atoms with van der Waals surface area (Å²) >= 11 is 1.41. The first kappa shape index (κ1) is 14.0. The molecule has 0 amide bonds. The molecule has 5 nitrogen and oxygen atoms in total. The van der Waals surface area contributed by atoms with E-state index < -0.39 is 16.1 Å². The van der Waals surface area contributed by atoms with Gasteiger partial charge in [0, 0.05) is 11.1 Å². The van der Waals surface area contributed by atoms with E-state index in [0.717, 1.165) is 5.69 Å². The molecule has 0 saturated heterocycles. The van der Waals surface area contributed by atoms with E-state index in [2.05, 4.69) is 9.71 Å². The van der Waals surface area contributed by atoms with E-state index in [0.29, 0.717) is 5.01 Å². The van der Waals surface area contributed by atoms with Gasteiger partial charge in [-0.05, 0) is 32.0 Å². The summed E-state index contributed by atoms with van der Waals surface area (Å²) in [5.74, 6) is -0.0828. The Kier molecular flexibility index (Phi) is 3.88. The van der Waals surface area contributed by atoms with Gasteiger partial charge >= 0.3 is 0 Å². The second kappa shape index (κ2) is 5.28. The number of aromatic hydroxyl groups is 1. The van der Waals surface area contributed by atoms with Crippen molar-refractivity contribution in [1.29, 1.82) is 0 Å². The highest BCUT2D eigenvalue weighted by Gasteiger charge is 2.20. The number of aryl methyl sites for hydroxylation is 1. The predicted octanol–water partition coefficient (Wildman–Crippen LogP) is 2.20. The zero-order valence-corrected chi connectivity index (χ0v) is 12.1. The molecule has 7 heteroatoms. The lowest BCUT2D eigenvalue weighted by molar-refractivity contribution is 0.473. The fourth-order valence-corrected chi connectivity index (χ4v) is 3.70. The van der Waals surface area contributed by atoms with Crippen molar-refractivity contribution < 1.29 is 13.5 Å². The third-order valence-corrected chi connectivity index (χ3v) is 5.15. The second-order valence-corrected chi connectivity index (χ2v) is 6.77. The molecule has 1 aromatic carbocycles. The minimum atomic E-state index is -3.66. The van der Waals surface area contributed by atoms with Gasteiger partial charge in [-0.15, -0.1) is 11.3 Å². The Balaban J connectivity index is 2.22. The van der Waals surface area contributed by atoms with E-state index in [4.69, 9.17) is 0 Å². The molecule has 102 valence electrons. The molecule has 0 radical (unpaired) electrons. The van der Waals surface area contributed by atoms with Crippen LogP contribution in [0.15, 0.2) is 34.5 Å². The lowest BCUT2D eigenvalue weighted by Gasteiger charge is -2.12. The number of rotatable bonds is 4. The van der Waals surface area contributed by atoms with Crippen molar-refractivity contribution in [1.82, 2.24) is 9.71 Å². The molecular weight excluding hydrogens is 284 g/mol. The molecule has 1 aromatic heterocycles. The van der Waals surface area contributed by atoms with Crippen molar-refractivity contribution >= 4 is 21.4 Å². The molecule has 2 aromatic rings. The average Bonchev–Trinajstić information content (AvgIpc) is 2.75. The largest absolute Gasteiger partial charge is 0.508 e. The lowest BCUT2D eigenvalue weighted by atomic mass is 10.3. The van der Waals surface area contributed by atoms with E-state index >= 15 is 0 Å². The van der Waals surface area contributed by atoms with Gasteiger partial charge < -0.3 is 5.11 Å². The van der Waals surface area contributed by atoms with Crippen molar-refractivity contribution in [2.75, 3.05) is 0 Å². The summed E-state index contributed by atoms with van der Waals surface area (Å²) in [7, 11) is -3.66. The Morgan fingerprint density at radius 1 is 1.42 bits per heavy atom. The number of thiazole rings is 1. The van der Waals surface area contributed by atoms with Gasteiger partial charge in [-0.25, -0.2) is 18.1 Å². The SMILES string of the molecule is Cc1csc(C(C)NS(=O)(=O)c2cccc(O)c2)n1. The van der Waals surface area contributed by atoms with Crippen LogP contribution in [0.1, 0.15) is 23.7 Å². The number of phenolic OH excluding ortho intramolecular Hbond substituents is 1. The van der Waals surface area contributed by atoms with Gasteiger partial charge in [-0.2, -0.15) is 0 Å². The fraction of sp³-hybridized carbons (Fsp3) is 0.250. The predicted molar refractivity (Wildman–Crippen MR) is 73.7 cm³/mol. The van der Waals surface area contributed by atoms with Gasteiger partial charge in [0.15, 0.2) is 0 Å². The van der Waals surface area contributed by atoms with Gasteiger partial charge in [0.05, 0.1) is 10.9 Å². The van der Waals surface area contributed by atoms with Crippen molar-refractivity contribution in [3.63, 3.8) is 0 Å². The Morgan fingerprint density at radius 2 is 2.16 bits per heavy atom. The summed E-state index contributed by atoms with van der Waals surface area (Å²) in [6.45, 7) is 3.59. The van der Waals surface area contributed by atoms with E-state index in [1.54, 1.807) is 6.92 Å². The van der Waals surface area contributed by atoms with Crippen LogP contribution in [0.4, 0.5) is 0 Å². The van der Waals surface area contributed by atoms with Crippen LogP contribution in [-0.2, 0) is 10.0 Å². The van der Waals surface area contributed by atoms with Crippen LogP contribution in [0.2, 0.25) is 0 Å². The molecule has 0 aliphatic rings. The fourth-order valence-electron chi connectivity index (χ4n) is 1.57. The second-order valence-electron chi connectivity index (χ2n) is 4.17. The van der Waals surface area contributed by atoms with Gasteiger partial charge in [0.2, 0.25) is 10.0 Å². The molecule has 0 saturated carbocycles. The molecule has 2 N–H and O–H groups in total. The summed E-state index contributed by atoms with van der Waals surface area (Å²) in [5.41, 5.74) is 0.864. The van der Waals surface area contributed by atoms with Crippen molar-refractivity contribution in [3.05, 3.63) is 40.3 Å². The first-order valence-corrected chi connectivity index (χ1v) is 7.98. The van der Waals surface area contributed by atoms with Crippen molar-refractivity contribution in [2.24, 2.45) is 0 Å². The maximum atomic E-state index is 12.1. The molecule has 1 atom stereocenters. The summed E-state index contributed by atoms with van der Waals surface area (Å²) in [5, 5.41) is 11.9. The minimum Gasteiger partial charge on any atom is -0.508 e. The smallest absolute Gasteiger partial charge is 0.241 e. The maximum absolute atomic E-state index is 12.1. The highest BCUT2D eigenvalue weighted by atomic mass is 32.2. The maximum Gasteiger partial charge on any atom is 0.241 e. The summed E-state index contributed by atoms with van der Waals surface area (Å²) in [4.78, 5) is 4.28. The molecule has 2 rings (SSSR count). The quantitative estimate of drug-likeness (QED) is 0.907. The van der Waals surface area contributed by atoms with Crippen LogP contribution in [0, 0.1) is 6.92 Å². The third kappa shape index (κ3) is 3.31. The molecule has 0 aliphatic carbocycles. The molecule has 1 heterocycles. The highest BCUT2D eigenvalue weighted by Crippen LogP contribution is 2.21. The number of nitrogens with zero attached hydrogens (tertiary/aromatic N) is 1. The monoisotopic (exact) mass is 298 g/mol. The first-order valence-electron chi connectivity index (χ1n) is 5.62. The average molecular weight is 298 g/mol. The molecule has 0 bridgehead atoms. The van der Waals surface area contributed by atoms with Crippen LogP contribution >= 0.6 is 11.3 Å². The van der Waals surface area contributed by atoms with Gasteiger partial charge in [-0.1, -0.05) is 6.07 Å². The van der Waals surface area contributed by atoms with Crippen LogP contribution in [0.25, 0.3) is 0 Å². The third-order valence-electron chi connectivity index (χ3n) is 2.47. The summed E-state index contributed by atoms with van der Waals surface area (Å²) in [6, 6.07) is 5.14. The van der Waals surface area contributed by atoms with Gasteiger partial charge in [-0.3, -0.25) is 0 Å². The Bertz CT molecular complexity index is 680. The van der Waals surface area contributed by atoms with E-state index in [9.17, 15) is 13.5 Å². The molecule has 0 spiro atoms. The van der Waals surface area contributed by atoms with Crippen molar-refractivity contribution in [2.45, 2.75) is 24.8 Å². The Hall–Kier alpha value is -1.44. The number of hydrogen-bond donors (Lipinski definition) is 2. The Labute approximate surface area is 116 Å². The van der Waals surface area contributed by atoms with E-state index in [1.807, 2.05) is 12.3 Å². The number of hydrogen-bond acceptors (Lipinski definition) is 5. The van der Waals surface area contributed by atoms with Crippen LogP contribution < -0.4 is 4.72 Å². The number of nitrogens with one attached hydrogen (secondary N) is 1. The number of aromatic nitrogens is 1.